The van der Waals surface area contributed by atoms with Crippen molar-refractivity contribution in [3.05, 3.63) is 36.6 Å². The first-order chi connectivity index (χ1) is 13.5. The third kappa shape index (κ3) is 16.6. The number of benzene rings is 1. The first-order valence-corrected chi connectivity index (χ1v) is 11.9. The van der Waals surface area contributed by atoms with Crippen LogP contribution in [0.3, 0.4) is 0 Å². The molecule has 4 rings (SSSR count). The Balaban J connectivity index is 0. The van der Waals surface area contributed by atoms with Gasteiger partial charge in [-0.05, 0) is 12.1 Å². The van der Waals surface area contributed by atoms with Crippen LogP contribution in [0.4, 0.5) is 0 Å². The normalized spacial score (nSPS) is 14.7. The van der Waals surface area contributed by atoms with Gasteiger partial charge < -0.3 is 4.42 Å². The fraction of sp³-hybridized carbons (Fsp3) is 0.692. The molecule has 1 aromatic carbocycles. The Bertz CT molecular complexity index is 399. The van der Waals surface area contributed by atoms with Gasteiger partial charge >= 0.3 is 0 Å². The third-order valence-corrected chi connectivity index (χ3v) is 4.36. The van der Waals surface area contributed by atoms with E-state index in [1.807, 2.05) is 71.9 Å². The smallest absolute Gasteiger partial charge is 0.133 e. The molecule has 2 saturated carbocycles. The molecule has 0 bridgehead atoms. The molecule has 2 aromatic rings. The summed E-state index contributed by atoms with van der Waals surface area (Å²) in [7, 11) is 0. The van der Waals surface area contributed by atoms with Gasteiger partial charge in [0.05, 0.1) is 6.26 Å². The Labute approximate surface area is 170 Å². The van der Waals surface area contributed by atoms with Crippen molar-refractivity contribution in [2.24, 2.45) is 0 Å². The van der Waals surface area contributed by atoms with Crippen LogP contribution in [-0.2, 0) is 0 Å². The maximum Gasteiger partial charge on any atom is 0.133 e. The summed E-state index contributed by atoms with van der Waals surface area (Å²) in [6, 6.07) is 9.90. The molecule has 0 N–H and O–H groups in total. The lowest BCUT2D eigenvalue weighted by Gasteiger charge is -2.05. The van der Waals surface area contributed by atoms with E-state index in [1.54, 1.807) is 6.26 Å². The number of fused-ring (bicyclic) bond motifs is 1. The van der Waals surface area contributed by atoms with Gasteiger partial charge in [0.25, 0.3) is 0 Å². The van der Waals surface area contributed by atoms with Gasteiger partial charge in [-0.15, -0.1) is 0 Å². The molecule has 0 aliphatic heterocycles. The van der Waals surface area contributed by atoms with Crippen LogP contribution in [0.5, 0.6) is 0 Å². The molecule has 1 heterocycles. The Hall–Kier alpha value is -1.24. The van der Waals surface area contributed by atoms with Crippen LogP contribution in [-0.4, -0.2) is 0 Å². The molecular weight excluding hydrogens is 328 g/mol. The van der Waals surface area contributed by atoms with Crippen molar-refractivity contribution in [3.8, 4) is 0 Å². The quantitative estimate of drug-likeness (QED) is 0.445. The van der Waals surface area contributed by atoms with Gasteiger partial charge in [-0.2, -0.15) is 0 Å². The molecular formula is C26H48O. The topological polar surface area (TPSA) is 13.1 Å². The van der Waals surface area contributed by atoms with Crippen LogP contribution >= 0.6 is 0 Å². The predicted molar refractivity (Wildman–Crippen MR) is 126 cm³/mol. The molecule has 27 heavy (non-hydrogen) atoms. The van der Waals surface area contributed by atoms with Gasteiger partial charge in [-0.25, -0.2) is 0 Å². The standard InChI is InChI=1S/C8H6O.2C6H12.3C2H6/c1-2-4-8-7(3-1)5-6-9-8;2*1-2-4-6-5-3-1;3*1-2/h1-6H;2*1-6H2;3*1-2H3. The molecule has 0 atom stereocenters. The Kier molecular flexibility index (Phi) is 25.7. The van der Waals surface area contributed by atoms with E-state index in [9.17, 15) is 0 Å². The van der Waals surface area contributed by atoms with Crippen molar-refractivity contribution >= 4 is 11.0 Å². The minimum Gasteiger partial charge on any atom is -0.464 e. The molecule has 1 heteroatoms. The van der Waals surface area contributed by atoms with E-state index in [0.29, 0.717) is 0 Å². The first-order valence-electron chi connectivity index (χ1n) is 11.9. The number of hydrogen-bond donors (Lipinski definition) is 0. The van der Waals surface area contributed by atoms with Crippen LogP contribution in [0.25, 0.3) is 11.0 Å². The highest BCUT2D eigenvalue weighted by molar-refractivity contribution is 5.76. The van der Waals surface area contributed by atoms with E-state index in [0.717, 1.165) is 11.0 Å². The molecule has 0 unspecified atom stereocenters. The van der Waals surface area contributed by atoms with E-state index < -0.39 is 0 Å². The van der Waals surface area contributed by atoms with Crippen molar-refractivity contribution in [2.75, 3.05) is 0 Å². The number of hydrogen-bond acceptors (Lipinski definition) is 1. The average Bonchev–Trinajstić information content (AvgIpc) is 3.30. The van der Waals surface area contributed by atoms with E-state index in [-0.39, 0.29) is 0 Å². The predicted octanol–water partition coefficient (Wildman–Crippen LogP) is 10.2. The third-order valence-electron chi connectivity index (χ3n) is 4.36. The average molecular weight is 377 g/mol. The molecule has 0 radical (unpaired) electrons. The molecule has 1 nitrogen and oxygen atoms in total. The van der Waals surface area contributed by atoms with Crippen LogP contribution in [0.2, 0.25) is 0 Å². The zero-order chi connectivity index (χ0) is 20.6. The summed E-state index contributed by atoms with van der Waals surface area (Å²) < 4.78 is 5.12. The van der Waals surface area contributed by atoms with Gasteiger partial charge in [0.2, 0.25) is 0 Å². The van der Waals surface area contributed by atoms with E-state index in [2.05, 4.69) is 0 Å². The summed E-state index contributed by atoms with van der Waals surface area (Å²) in [5.41, 5.74) is 0.956. The van der Waals surface area contributed by atoms with Crippen LogP contribution in [0.1, 0.15) is 119 Å². The fourth-order valence-electron chi connectivity index (χ4n) is 3.03. The van der Waals surface area contributed by atoms with Crippen LogP contribution in [0, 0.1) is 0 Å². The summed E-state index contributed by atoms with van der Waals surface area (Å²) >= 11 is 0. The van der Waals surface area contributed by atoms with Gasteiger partial charge in [-0.1, -0.05) is 137 Å². The fourth-order valence-corrected chi connectivity index (χ4v) is 3.03. The Morgan fingerprint density at radius 2 is 0.815 bits per heavy atom. The molecule has 158 valence electrons. The Morgan fingerprint density at radius 1 is 0.481 bits per heavy atom. The van der Waals surface area contributed by atoms with Crippen molar-refractivity contribution in [2.45, 2.75) is 119 Å². The molecule has 1 aromatic heterocycles. The summed E-state index contributed by atoms with van der Waals surface area (Å²) in [5.74, 6) is 0. The van der Waals surface area contributed by atoms with Gasteiger partial charge in [0.15, 0.2) is 0 Å². The summed E-state index contributed by atoms with van der Waals surface area (Å²) in [4.78, 5) is 0. The molecule has 2 aliphatic carbocycles. The summed E-state index contributed by atoms with van der Waals surface area (Å²) in [5, 5.41) is 1.16. The molecule has 0 spiro atoms. The lowest BCUT2D eigenvalue weighted by atomic mass is 10.0. The lowest BCUT2D eigenvalue weighted by Crippen LogP contribution is -1.85. The van der Waals surface area contributed by atoms with Gasteiger partial charge in [0.1, 0.15) is 5.58 Å². The zero-order valence-corrected chi connectivity index (χ0v) is 19.4. The molecule has 0 amide bonds. The van der Waals surface area contributed by atoms with Crippen molar-refractivity contribution in [3.63, 3.8) is 0 Å². The zero-order valence-electron chi connectivity index (χ0n) is 19.4. The first kappa shape index (κ1) is 28.0. The minimum absolute atomic E-state index is 0.956. The highest BCUT2D eigenvalue weighted by Crippen LogP contribution is 2.16. The highest BCUT2D eigenvalue weighted by atomic mass is 16.3. The van der Waals surface area contributed by atoms with E-state index in [1.165, 1.54) is 77.0 Å². The summed E-state index contributed by atoms with van der Waals surface area (Å²) in [6.07, 6.45) is 19.7. The molecule has 2 fully saturated rings. The second-order valence-corrected chi connectivity index (χ2v) is 6.20. The monoisotopic (exact) mass is 376 g/mol. The molecule has 2 aliphatic rings. The van der Waals surface area contributed by atoms with Crippen molar-refractivity contribution < 1.29 is 4.42 Å². The van der Waals surface area contributed by atoms with Crippen LogP contribution in [0.15, 0.2) is 41.0 Å². The second kappa shape index (κ2) is 24.8. The summed E-state index contributed by atoms with van der Waals surface area (Å²) in [6.45, 7) is 12.0. The maximum absolute atomic E-state index is 5.12. The minimum atomic E-state index is 0.956. The number of rotatable bonds is 0. The Morgan fingerprint density at radius 3 is 1.15 bits per heavy atom. The second-order valence-electron chi connectivity index (χ2n) is 6.20. The van der Waals surface area contributed by atoms with Crippen molar-refractivity contribution in [1.82, 2.24) is 0 Å². The van der Waals surface area contributed by atoms with Gasteiger partial charge in [-0.3, -0.25) is 0 Å². The van der Waals surface area contributed by atoms with E-state index in [4.69, 9.17) is 4.42 Å². The number of para-hydroxylation sites is 1. The molecule has 0 saturated heterocycles. The number of furan rings is 1. The highest BCUT2D eigenvalue weighted by Gasteiger charge is 1.96. The lowest BCUT2D eigenvalue weighted by molar-refractivity contribution is 0.504. The van der Waals surface area contributed by atoms with Crippen LogP contribution < -0.4 is 0 Å². The van der Waals surface area contributed by atoms with Crippen molar-refractivity contribution in [1.29, 1.82) is 0 Å². The van der Waals surface area contributed by atoms with Gasteiger partial charge in [0, 0.05) is 5.39 Å². The largest absolute Gasteiger partial charge is 0.464 e. The SMILES string of the molecule is C1CCCCC1.C1CCCCC1.CC.CC.CC.c1ccc2occc2c1. The van der Waals surface area contributed by atoms with E-state index >= 15 is 0 Å². The maximum atomic E-state index is 5.12.